The van der Waals surface area contributed by atoms with Crippen LogP contribution in [0, 0.1) is 11.8 Å². The van der Waals surface area contributed by atoms with Gasteiger partial charge in [0.25, 0.3) is 0 Å². The molecule has 1 unspecified atom stereocenters. The van der Waals surface area contributed by atoms with Gasteiger partial charge in [-0.3, -0.25) is 4.79 Å². The molecular formula is C16H27NO4. The molecular weight excluding hydrogens is 270 g/mol. The number of aliphatic hydroxyl groups excluding tert-OH is 1. The highest BCUT2D eigenvalue weighted by atomic mass is 16.4. The molecule has 0 radical (unpaired) electrons. The minimum atomic E-state index is -1.00. The van der Waals surface area contributed by atoms with Gasteiger partial charge >= 0.3 is 5.97 Å². The fourth-order valence-corrected chi connectivity index (χ4v) is 3.72. The maximum Gasteiger partial charge on any atom is 0.326 e. The number of hydrogen-bond acceptors (Lipinski definition) is 3. The number of carboxylic acids is 1. The minimum absolute atomic E-state index is 0.0463. The zero-order chi connectivity index (χ0) is 15.4. The van der Waals surface area contributed by atoms with Crippen molar-refractivity contribution in [2.24, 2.45) is 11.8 Å². The zero-order valence-corrected chi connectivity index (χ0v) is 12.8. The molecule has 0 aromatic carbocycles. The first-order chi connectivity index (χ1) is 10.0. The largest absolute Gasteiger partial charge is 0.480 e. The topological polar surface area (TPSA) is 77.8 Å². The molecule has 2 rings (SSSR count). The van der Waals surface area contributed by atoms with Crippen molar-refractivity contribution >= 4 is 11.9 Å². The average molecular weight is 297 g/mol. The Balaban J connectivity index is 1.88. The molecule has 1 aliphatic heterocycles. The molecule has 5 nitrogen and oxygen atoms in total. The number of hydrogen-bond donors (Lipinski definition) is 2. The Kier molecular flexibility index (Phi) is 5.62. The number of carbonyl (C=O) groups excluding carboxylic acids is 1. The van der Waals surface area contributed by atoms with Gasteiger partial charge in [-0.25, -0.2) is 4.79 Å². The Morgan fingerprint density at radius 3 is 2.43 bits per heavy atom. The molecule has 2 N–H and O–H groups in total. The zero-order valence-electron chi connectivity index (χ0n) is 12.8. The normalized spacial score (nSPS) is 33.1. The molecule has 2 fully saturated rings. The maximum atomic E-state index is 12.5. The van der Waals surface area contributed by atoms with Crippen molar-refractivity contribution in [3.63, 3.8) is 0 Å². The number of nitrogens with zero attached hydrogens (tertiary/aromatic N) is 1. The molecule has 1 aliphatic carbocycles. The second kappa shape index (κ2) is 7.25. The lowest BCUT2D eigenvalue weighted by Gasteiger charge is -2.32. The average Bonchev–Trinajstić information content (AvgIpc) is 2.87. The molecule has 0 aromatic heterocycles. The van der Waals surface area contributed by atoms with Gasteiger partial charge in [0.2, 0.25) is 5.91 Å². The minimum Gasteiger partial charge on any atom is -0.480 e. The van der Waals surface area contributed by atoms with Gasteiger partial charge in [-0.15, -0.1) is 0 Å². The third-order valence-corrected chi connectivity index (χ3v) is 5.01. The van der Waals surface area contributed by atoms with Crippen LogP contribution in [0.25, 0.3) is 0 Å². The van der Waals surface area contributed by atoms with Crippen LogP contribution in [0.3, 0.4) is 0 Å². The number of carboxylic acid groups (broad SMARTS) is 1. The molecule has 0 aromatic rings. The molecule has 0 bridgehead atoms. The summed E-state index contributed by atoms with van der Waals surface area (Å²) < 4.78 is 0. The molecule has 0 spiro atoms. The third kappa shape index (κ3) is 3.96. The summed E-state index contributed by atoms with van der Waals surface area (Å²) in [5.41, 5.74) is 0. The second-order valence-corrected chi connectivity index (χ2v) is 6.59. The molecule has 2 aliphatic rings. The predicted molar refractivity (Wildman–Crippen MR) is 78.7 cm³/mol. The van der Waals surface area contributed by atoms with E-state index in [9.17, 15) is 19.8 Å². The summed E-state index contributed by atoms with van der Waals surface area (Å²) in [6.45, 7) is 2.37. The number of amides is 1. The lowest BCUT2D eigenvalue weighted by Crippen LogP contribution is -2.44. The van der Waals surface area contributed by atoms with Crippen LogP contribution >= 0.6 is 0 Å². The third-order valence-electron chi connectivity index (χ3n) is 5.01. The monoisotopic (exact) mass is 297 g/mol. The second-order valence-electron chi connectivity index (χ2n) is 6.59. The summed E-state index contributed by atoms with van der Waals surface area (Å²) >= 11 is 0. The van der Waals surface area contributed by atoms with Gasteiger partial charge in [-0.05, 0) is 31.6 Å². The summed E-state index contributed by atoms with van der Waals surface area (Å²) in [6, 6.07) is -0.842. The summed E-state index contributed by atoms with van der Waals surface area (Å²) in [5.74, 6) is -0.382. The number of aliphatic carboxylic acids is 1. The van der Waals surface area contributed by atoms with Crippen molar-refractivity contribution in [3.05, 3.63) is 0 Å². The summed E-state index contributed by atoms with van der Waals surface area (Å²) in [4.78, 5) is 25.1. The van der Waals surface area contributed by atoms with Crippen LogP contribution in [0.2, 0.25) is 0 Å². The van der Waals surface area contributed by atoms with Crippen LogP contribution in [0.4, 0.5) is 0 Å². The quantitative estimate of drug-likeness (QED) is 0.814. The molecule has 1 saturated carbocycles. The van der Waals surface area contributed by atoms with E-state index in [-0.39, 0.29) is 24.8 Å². The fourth-order valence-electron chi connectivity index (χ4n) is 3.72. The Labute approximate surface area is 126 Å². The Bertz CT molecular complexity index is 376. The molecule has 1 saturated heterocycles. The van der Waals surface area contributed by atoms with Gasteiger partial charge in [0.05, 0.1) is 6.10 Å². The van der Waals surface area contributed by atoms with Gasteiger partial charge < -0.3 is 15.1 Å². The van der Waals surface area contributed by atoms with Gasteiger partial charge in [-0.1, -0.05) is 26.2 Å². The van der Waals surface area contributed by atoms with Gasteiger partial charge in [0, 0.05) is 18.9 Å². The van der Waals surface area contributed by atoms with Crippen molar-refractivity contribution < 1.29 is 19.8 Å². The van der Waals surface area contributed by atoms with E-state index in [0.29, 0.717) is 0 Å². The number of carbonyl (C=O) groups is 2. The van der Waals surface area contributed by atoms with Gasteiger partial charge in [-0.2, -0.15) is 0 Å². The first-order valence-corrected chi connectivity index (χ1v) is 8.24. The van der Waals surface area contributed by atoms with Crippen molar-refractivity contribution in [3.8, 4) is 0 Å². The number of aliphatic hydroxyl groups is 1. The van der Waals surface area contributed by atoms with E-state index in [4.69, 9.17) is 0 Å². The summed E-state index contributed by atoms with van der Waals surface area (Å²) in [6.07, 6.45) is 7.06. The Hall–Kier alpha value is -1.10. The smallest absolute Gasteiger partial charge is 0.326 e. The first kappa shape index (κ1) is 16.3. The number of unbranched alkanes of at least 4 members (excludes halogenated alkanes) is 1. The predicted octanol–water partition coefficient (Wildman–Crippen LogP) is 2.03. The molecule has 5 heteroatoms. The number of likely N-dealkylation sites (tertiary alicyclic amines) is 1. The highest BCUT2D eigenvalue weighted by Gasteiger charge is 2.41. The van der Waals surface area contributed by atoms with Crippen molar-refractivity contribution in [1.82, 2.24) is 4.90 Å². The molecule has 21 heavy (non-hydrogen) atoms. The Morgan fingerprint density at radius 1 is 1.19 bits per heavy atom. The van der Waals surface area contributed by atoms with Crippen LogP contribution < -0.4 is 0 Å². The van der Waals surface area contributed by atoms with Crippen molar-refractivity contribution in [2.75, 3.05) is 6.54 Å². The highest BCUT2D eigenvalue weighted by molar-refractivity contribution is 5.85. The molecule has 1 heterocycles. The van der Waals surface area contributed by atoms with Crippen LogP contribution in [-0.4, -0.2) is 45.7 Å². The maximum absolute atomic E-state index is 12.5. The molecule has 1 amide bonds. The summed E-state index contributed by atoms with van der Waals surface area (Å²) in [7, 11) is 0. The fraction of sp³-hybridized carbons (Fsp3) is 0.875. The SMILES string of the molecule is CCCCC1CCC(C(=O)N2CC(O)C[C@H]2C(=O)O)CC1. The standard InChI is InChI=1S/C16H27NO4/c1-2-3-4-11-5-7-12(8-6-11)15(19)17-10-13(18)9-14(17)16(20)21/h11-14,18H,2-10H2,1H3,(H,20,21)/t11?,12?,13?,14-/m0/s1. The van der Waals surface area contributed by atoms with Gasteiger partial charge in [0.1, 0.15) is 6.04 Å². The van der Waals surface area contributed by atoms with E-state index in [1.165, 1.54) is 24.2 Å². The van der Waals surface area contributed by atoms with E-state index in [2.05, 4.69) is 6.92 Å². The number of rotatable bonds is 5. The van der Waals surface area contributed by atoms with E-state index in [0.717, 1.165) is 31.6 Å². The van der Waals surface area contributed by atoms with Crippen LogP contribution in [-0.2, 0) is 9.59 Å². The molecule has 120 valence electrons. The van der Waals surface area contributed by atoms with Crippen molar-refractivity contribution in [2.45, 2.75) is 70.4 Å². The van der Waals surface area contributed by atoms with Gasteiger partial charge in [0.15, 0.2) is 0 Å². The van der Waals surface area contributed by atoms with Crippen LogP contribution in [0.15, 0.2) is 0 Å². The van der Waals surface area contributed by atoms with E-state index < -0.39 is 18.1 Å². The first-order valence-electron chi connectivity index (χ1n) is 8.24. The van der Waals surface area contributed by atoms with Crippen LogP contribution in [0.1, 0.15) is 58.3 Å². The van der Waals surface area contributed by atoms with E-state index >= 15 is 0 Å². The lowest BCUT2D eigenvalue weighted by molar-refractivity contribution is -0.150. The Morgan fingerprint density at radius 2 is 1.86 bits per heavy atom. The molecule has 2 atom stereocenters. The summed E-state index contributed by atoms with van der Waals surface area (Å²) in [5, 5.41) is 18.8. The lowest BCUT2D eigenvalue weighted by atomic mass is 9.79. The number of β-amino-alcohol motifs (C(OH)–C–C–N with tert-alkyl or cyclic N) is 1. The van der Waals surface area contributed by atoms with E-state index in [1.807, 2.05) is 0 Å². The van der Waals surface area contributed by atoms with Crippen LogP contribution in [0.5, 0.6) is 0 Å². The van der Waals surface area contributed by atoms with E-state index in [1.54, 1.807) is 0 Å². The highest BCUT2D eigenvalue weighted by Crippen LogP contribution is 2.34. The van der Waals surface area contributed by atoms with Crippen molar-refractivity contribution in [1.29, 1.82) is 0 Å².